The summed E-state index contributed by atoms with van der Waals surface area (Å²) in [6.07, 6.45) is 0. The Morgan fingerprint density at radius 2 is 1.96 bits per heavy atom. The van der Waals surface area contributed by atoms with Crippen LogP contribution in [0.4, 0.5) is 0 Å². The van der Waals surface area contributed by atoms with Crippen molar-refractivity contribution in [3.05, 3.63) is 55.8 Å². The standard InChI is InChI=1S/C16H8Br2N2O3/c17-9-6-7-5-8(16(22)23-14(7)12(18)13(9)21)15-19-10-3-1-2-4-11(10)20-15/h1-6,21H,(H,19,20). The van der Waals surface area contributed by atoms with Crippen molar-refractivity contribution in [2.45, 2.75) is 0 Å². The lowest BCUT2D eigenvalue weighted by molar-refractivity contribution is 0.466. The Kier molecular flexibility index (Phi) is 3.28. The molecule has 0 spiro atoms. The summed E-state index contributed by atoms with van der Waals surface area (Å²) in [4.78, 5) is 19.9. The molecule has 4 rings (SSSR count). The van der Waals surface area contributed by atoms with E-state index in [2.05, 4.69) is 41.8 Å². The van der Waals surface area contributed by atoms with Crippen LogP contribution < -0.4 is 5.63 Å². The number of hydrogen-bond donors (Lipinski definition) is 2. The van der Waals surface area contributed by atoms with Crippen molar-refractivity contribution in [3.8, 4) is 17.1 Å². The van der Waals surface area contributed by atoms with E-state index in [1.54, 1.807) is 12.1 Å². The Labute approximate surface area is 146 Å². The van der Waals surface area contributed by atoms with E-state index in [0.717, 1.165) is 11.0 Å². The molecule has 0 aliphatic rings. The predicted octanol–water partition coefficient (Wildman–Crippen LogP) is 4.57. The summed E-state index contributed by atoms with van der Waals surface area (Å²) in [5.74, 6) is 0.430. The fourth-order valence-corrected chi connectivity index (χ4v) is 3.66. The zero-order chi connectivity index (χ0) is 16.1. The number of aromatic nitrogens is 2. The minimum Gasteiger partial charge on any atom is -0.505 e. The maximum Gasteiger partial charge on any atom is 0.347 e. The molecule has 0 radical (unpaired) electrons. The number of rotatable bonds is 1. The minimum absolute atomic E-state index is 0.0165. The number of fused-ring (bicyclic) bond motifs is 2. The number of aromatic hydroxyl groups is 1. The van der Waals surface area contributed by atoms with E-state index >= 15 is 0 Å². The molecule has 114 valence electrons. The molecule has 0 unspecified atom stereocenters. The highest BCUT2D eigenvalue weighted by Crippen LogP contribution is 2.38. The van der Waals surface area contributed by atoms with Gasteiger partial charge in [0.1, 0.15) is 21.6 Å². The van der Waals surface area contributed by atoms with E-state index in [1.807, 2.05) is 24.3 Å². The van der Waals surface area contributed by atoms with Gasteiger partial charge >= 0.3 is 5.63 Å². The molecule has 0 aliphatic carbocycles. The molecule has 2 heterocycles. The van der Waals surface area contributed by atoms with E-state index in [-0.39, 0.29) is 11.3 Å². The summed E-state index contributed by atoms with van der Waals surface area (Å²) < 4.78 is 6.20. The summed E-state index contributed by atoms with van der Waals surface area (Å²) in [6, 6.07) is 10.9. The third kappa shape index (κ3) is 2.27. The Morgan fingerprint density at radius 3 is 2.74 bits per heavy atom. The van der Waals surface area contributed by atoms with E-state index in [9.17, 15) is 9.90 Å². The van der Waals surface area contributed by atoms with Crippen LogP contribution in [-0.2, 0) is 0 Å². The Morgan fingerprint density at radius 1 is 1.17 bits per heavy atom. The number of halogens is 2. The van der Waals surface area contributed by atoms with E-state index in [0.29, 0.717) is 25.7 Å². The van der Waals surface area contributed by atoms with Crippen LogP contribution in [-0.4, -0.2) is 15.1 Å². The molecule has 0 saturated carbocycles. The molecule has 0 fully saturated rings. The average molecular weight is 436 g/mol. The third-order valence-corrected chi connectivity index (χ3v) is 4.88. The first kappa shape index (κ1) is 14.5. The Bertz CT molecular complexity index is 1100. The molecule has 0 atom stereocenters. The number of aromatic amines is 1. The van der Waals surface area contributed by atoms with Gasteiger partial charge in [-0.3, -0.25) is 0 Å². The van der Waals surface area contributed by atoms with Gasteiger partial charge in [0, 0.05) is 5.39 Å². The summed E-state index contributed by atoms with van der Waals surface area (Å²) in [6.45, 7) is 0. The normalized spacial score (nSPS) is 11.4. The maximum atomic E-state index is 12.3. The molecule has 0 saturated heterocycles. The fourth-order valence-electron chi connectivity index (χ4n) is 2.43. The van der Waals surface area contributed by atoms with Crippen molar-refractivity contribution in [2.75, 3.05) is 0 Å². The number of imidazole rings is 1. The number of benzene rings is 2. The van der Waals surface area contributed by atoms with Gasteiger partial charge in [-0.2, -0.15) is 0 Å². The second kappa shape index (κ2) is 5.21. The highest BCUT2D eigenvalue weighted by atomic mass is 79.9. The molecular formula is C16H8Br2N2O3. The summed E-state index contributed by atoms with van der Waals surface area (Å²) in [5, 5.41) is 10.6. The zero-order valence-electron chi connectivity index (χ0n) is 11.4. The van der Waals surface area contributed by atoms with Crippen LogP contribution in [0.15, 0.2) is 54.6 Å². The molecule has 2 aromatic heterocycles. The number of nitrogens with one attached hydrogen (secondary N) is 1. The Balaban J connectivity index is 2.02. The highest BCUT2D eigenvalue weighted by molar-refractivity contribution is 9.11. The van der Waals surface area contributed by atoms with Gasteiger partial charge in [0.05, 0.1) is 15.5 Å². The lowest BCUT2D eigenvalue weighted by Gasteiger charge is -2.05. The molecule has 0 amide bonds. The maximum absolute atomic E-state index is 12.3. The third-order valence-electron chi connectivity index (χ3n) is 3.54. The van der Waals surface area contributed by atoms with Crippen molar-refractivity contribution in [1.82, 2.24) is 9.97 Å². The summed E-state index contributed by atoms with van der Waals surface area (Å²) in [5.41, 5.74) is 1.71. The lowest BCUT2D eigenvalue weighted by atomic mass is 10.1. The highest BCUT2D eigenvalue weighted by Gasteiger charge is 2.16. The van der Waals surface area contributed by atoms with Crippen molar-refractivity contribution in [2.24, 2.45) is 0 Å². The molecular weight excluding hydrogens is 428 g/mol. The van der Waals surface area contributed by atoms with Crippen LogP contribution in [0.2, 0.25) is 0 Å². The zero-order valence-corrected chi connectivity index (χ0v) is 14.6. The molecule has 23 heavy (non-hydrogen) atoms. The quantitative estimate of drug-likeness (QED) is 0.429. The van der Waals surface area contributed by atoms with Crippen molar-refractivity contribution in [1.29, 1.82) is 0 Å². The van der Waals surface area contributed by atoms with Crippen LogP contribution in [0, 0.1) is 0 Å². The molecule has 0 bridgehead atoms. The minimum atomic E-state index is -0.529. The number of para-hydroxylation sites is 2. The smallest absolute Gasteiger partial charge is 0.347 e. The second-order valence-corrected chi connectivity index (χ2v) is 6.64. The number of phenolic OH excluding ortho intramolecular Hbond substituents is 1. The van der Waals surface area contributed by atoms with Gasteiger partial charge in [-0.1, -0.05) is 12.1 Å². The number of nitrogens with zero attached hydrogens (tertiary/aromatic N) is 1. The van der Waals surface area contributed by atoms with Crippen LogP contribution in [0.5, 0.6) is 5.75 Å². The molecule has 2 aromatic carbocycles. The van der Waals surface area contributed by atoms with Crippen molar-refractivity contribution >= 4 is 53.9 Å². The van der Waals surface area contributed by atoms with Crippen LogP contribution in [0.3, 0.4) is 0 Å². The summed E-state index contributed by atoms with van der Waals surface area (Å²) in [7, 11) is 0. The number of H-pyrrole nitrogens is 1. The van der Waals surface area contributed by atoms with Crippen LogP contribution in [0.1, 0.15) is 0 Å². The van der Waals surface area contributed by atoms with Gasteiger partial charge in [-0.25, -0.2) is 9.78 Å². The largest absolute Gasteiger partial charge is 0.505 e. The van der Waals surface area contributed by atoms with Crippen LogP contribution >= 0.6 is 31.9 Å². The van der Waals surface area contributed by atoms with Gasteiger partial charge in [0.25, 0.3) is 0 Å². The molecule has 4 aromatic rings. The molecule has 7 heteroatoms. The average Bonchev–Trinajstić information content (AvgIpc) is 2.97. The van der Waals surface area contributed by atoms with Gasteiger partial charge in [0.15, 0.2) is 5.58 Å². The fraction of sp³-hybridized carbons (Fsp3) is 0. The second-order valence-electron chi connectivity index (χ2n) is 4.99. The van der Waals surface area contributed by atoms with Gasteiger partial charge in [-0.15, -0.1) is 0 Å². The van der Waals surface area contributed by atoms with Crippen molar-refractivity contribution in [3.63, 3.8) is 0 Å². The summed E-state index contributed by atoms with van der Waals surface area (Å²) >= 11 is 6.51. The van der Waals surface area contributed by atoms with Crippen molar-refractivity contribution < 1.29 is 9.52 Å². The van der Waals surface area contributed by atoms with Gasteiger partial charge in [-0.05, 0) is 56.1 Å². The van der Waals surface area contributed by atoms with E-state index in [1.165, 1.54) is 0 Å². The molecule has 5 nitrogen and oxygen atoms in total. The lowest BCUT2D eigenvalue weighted by Crippen LogP contribution is -2.04. The number of hydrogen-bond acceptors (Lipinski definition) is 4. The first-order chi connectivity index (χ1) is 11.0. The van der Waals surface area contributed by atoms with Gasteiger partial charge in [0.2, 0.25) is 0 Å². The first-order valence-electron chi connectivity index (χ1n) is 6.64. The van der Waals surface area contributed by atoms with E-state index < -0.39 is 5.63 Å². The molecule has 0 aliphatic heterocycles. The van der Waals surface area contributed by atoms with E-state index in [4.69, 9.17) is 4.42 Å². The first-order valence-corrected chi connectivity index (χ1v) is 8.23. The Hall–Kier alpha value is -2.12. The predicted molar refractivity (Wildman–Crippen MR) is 94.6 cm³/mol. The SMILES string of the molecule is O=c1oc2c(Br)c(O)c(Br)cc2cc1-c1nc2ccccc2[nH]1. The van der Waals surface area contributed by atoms with Crippen LogP contribution in [0.25, 0.3) is 33.4 Å². The van der Waals surface area contributed by atoms with Gasteiger partial charge < -0.3 is 14.5 Å². The topological polar surface area (TPSA) is 79.1 Å². The monoisotopic (exact) mass is 434 g/mol. The number of phenols is 1. The molecule has 2 N–H and O–H groups in total.